The van der Waals surface area contributed by atoms with E-state index in [4.69, 9.17) is 11.1 Å². The first-order valence-electron chi connectivity index (χ1n) is 8.07. The Balaban J connectivity index is 2.28. The second kappa shape index (κ2) is 5.93. The van der Waals surface area contributed by atoms with Gasteiger partial charge in [-0.3, -0.25) is 4.79 Å². The van der Waals surface area contributed by atoms with Gasteiger partial charge in [0.15, 0.2) is 5.78 Å². The Labute approximate surface area is 147 Å². The zero-order chi connectivity index (χ0) is 18.3. The first kappa shape index (κ1) is 15.7. The van der Waals surface area contributed by atoms with Crippen molar-refractivity contribution in [1.29, 1.82) is 0 Å². The van der Waals surface area contributed by atoms with Crippen molar-refractivity contribution in [3.05, 3.63) is 68.9 Å². The number of carbonyl (C=O) groups excluding carboxylic acids is 1. The quantitative estimate of drug-likeness (QED) is 0.128. The SMILES string of the molecule is CCC(=O)c1cc2ccc3c(N=[N+]=[N-])ccc4ccc(c1N=[N+]=[N-])c2c43. The second-order valence-corrected chi connectivity index (χ2v) is 5.94. The zero-order valence-electron chi connectivity index (χ0n) is 13.8. The van der Waals surface area contributed by atoms with E-state index in [-0.39, 0.29) is 5.78 Å². The maximum absolute atomic E-state index is 12.4. The largest absolute Gasteiger partial charge is 0.294 e. The molecule has 0 heterocycles. The molecule has 4 aromatic rings. The lowest BCUT2D eigenvalue weighted by Crippen LogP contribution is -1.98. The van der Waals surface area contributed by atoms with Crippen molar-refractivity contribution < 1.29 is 4.79 Å². The van der Waals surface area contributed by atoms with Crippen LogP contribution in [0.5, 0.6) is 0 Å². The Kier molecular flexibility index (Phi) is 3.59. The van der Waals surface area contributed by atoms with Gasteiger partial charge in [-0.1, -0.05) is 53.6 Å². The van der Waals surface area contributed by atoms with Crippen molar-refractivity contribution in [3.63, 3.8) is 0 Å². The summed E-state index contributed by atoms with van der Waals surface area (Å²) in [7, 11) is 0. The third-order valence-corrected chi connectivity index (χ3v) is 4.65. The van der Waals surface area contributed by atoms with Crippen LogP contribution in [0.2, 0.25) is 0 Å². The predicted molar refractivity (Wildman–Crippen MR) is 102 cm³/mol. The normalized spacial score (nSPS) is 10.8. The molecule has 0 fully saturated rings. The smallest absolute Gasteiger partial charge is 0.163 e. The molecule has 0 saturated carbocycles. The lowest BCUT2D eigenvalue weighted by atomic mass is 9.90. The third kappa shape index (κ3) is 2.13. The van der Waals surface area contributed by atoms with E-state index in [1.54, 1.807) is 19.1 Å². The molecule has 124 valence electrons. The van der Waals surface area contributed by atoms with E-state index in [9.17, 15) is 4.79 Å². The minimum atomic E-state index is -0.0762. The van der Waals surface area contributed by atoms with E-state index >= 15 is 0 Å². The number of benzene rings is 4. The highest BCUT2D eigenvalue weighted by Gasteiger charge is 2.18. The fourth-order valence-corrected chi connectivity index (χ4v) is 3.54. The molecule has 0 aliphatic heterocycles. The summed E-state index contributed by atoms with van der Waals surface area (Å²) in [5.74, 6) is -0.0762. The predicted octanol–water partition coefficient (Wildman–Crippen LogP) is 7.06. The zero-order valence-corrected chi connectivity index (χ0v) is 13.8. The number of azide groups is 2. The Morgan fingerprint density at radius 2 is 1.58 bits per heavy atom. The minimum absolute atomic E-state index is 0.0762. The van der Waals surface area contributed by atoms with Crippen LogP contribution in [0.15, 0.2) is 52.7 Å². The highest BCUT2D eigenvalue weighted by molar-refractivity contribution is 6.28. The monoisotopic (exact) mass is 340 g/mol. The summed E-state index contributed by atoms with van der Waals surface area (Å²) in [5, 5.41) is 12.8. The molecule has 0 aromatic heterocycles. The Morgan fingerprint density at radius 1 is 0.923 bits per heavy atom. The summed E-state index contributed by atoms with van der Waals surface area (Å²) < 4.78 is 0. The molecule has 0 spiro atoms. The van der Waals surface area contributed by atoms with Gasteiger partial charge < -0.3 is 0 Å². The van der Waals surface area contributed by atoms with Gasteiger partial charge in [0.25, 0.3) is 0 Å². The fraction of sp³-hybridized carbons (Fsp3) is 0.105. The van der Waals surface area contributed by atoms with Crippen LogP contribution < -0.4 is 0 Å². The topological polar surface area (TPSA) is 115 Å². The standard InChI is InChI=1S/C19H12N6O/c1-2-16(26)14-9-11-4-6-12-15(22-24-20)8-5-10-3-7-13(18(11)17(10)12)19(14)23-25-21/h3-9H,2H2,1H3. The molecule has 0 atom stereocenters. The van der Waals surface area contributed by atoms with Crippen LogP contribution in [-0.4, -0.2) is 5.78 Å². The van der Waals surface area contributed by atoms with Crippen LogP contribution in [0, 0.1) is 0 Å². The van der Waals surface area contributed by atoms with E-state index in [0.29, 0.717) is 28.7 Å². The molecule has 4 aromatic carbocycles. The van der Waals surface area contributed by atoms with Gasteiger partial charge >= 0.3 is 0 Å². The maximum Gasteiger partial charge on any atom is 0.163 e. The van der Waals surface area contributed by atoms with Crippen molar-refractivity contribution in [2.24, 2.45) is 10.2 Å². The highest BCUT2D eigenvalue weighted by Crippen LogP contribution is 2.43. The number of ketones is 1. The molecule has 0 aliphatic carbocycles. The number of rotatable bonds is 4. The van der Waals surface area contributed by atoms with E-state index in [0.717, 1.165) is 26.9 Å². The summed E-state index contributed by atoms with van der Waals surface area (Å²) in [5.41, 5.74) is 19.1. The van der Waals surface area contributed by atoms with E-state index < -0.39 is 0 Å². The van der Waals surface area contributed by atoms with Gasteiger partial charge in [-0.05, 0) is 49.4 Å². The molecular weight excluding hydrogens is 328 g/mol. The number of nitrogens with zero attached hydrogens (tertiary/aromatic N) is 6. The lowest BCUT2D eigenvalue weighted by molar-refractivity contribution is 0.0989. The average molecular weight is 340 g/mol. The Bertz CT molecular complexity index is 1300. The van der Waals surface area contributed by atoms with Gasteiger partial charge in [0.2, 0.25) is 0 Å². The molecule has 26 heavy (non-hydrogen) atoms. The van der Waals surface area contributed by atoms with Crippen molar-refractivity contribution in [1.82, 2.24) is 0 Å². The molecule has 7 heteroatoms. The summed E-state index contributed by atoms with van der Waals surface area (Å²) in [6, 6.07) is 13.0. The molecule has 0 radical (unpaired) electrons. The summed E-state index contributed by atoms with van der Waals surface area (Å²) in [6.45, 7) is 1.78. The van der Waals surface area contributed by atoms with E-state index in [1.165, 1.54) is 0 Å². The number of hydrogen-bond donors (Lipinski definition) is 0. The van der Waals surface area contributed by atoms with Crippen LogP contribution in [-0.2, 0) is 0 Å². The van der Waals surface area contributed by atoms with Crippen LogP contribution in [0.25, 0.3) is 53.2 Å². The molecule has 7 nitrogen and oxygen atoms in total. The number of Topliss-reactive ketones (excluding diaryl/α,β-unsaturated/α-hetero) is 1. The first-order chi connectivity index (χ1) is 12.7. The summed E-state index contributed by atoms with van der Waals surface area (Å²) in [6.07, 6.45) is 0.322. The van der Waals surface area contributed by atoms with Gasteiger partial charge in [-0.2, -0.15) is 0 Å². The molecule has 4 rings (SSSR count). The number of carbonyl (C=O) groups is 1. The van der Waals surface area contributed by atoms with Crippen molar-refractivity contribution in [2.75, 3.05) is 0 Å². The van der Waals surface area contributed by atoms with E-state index in [2.05, 4.69) is 20.1 Å². The summed E-state index contributed by atoms with van der Waals surface area (Å²) >= 11 is 0. The van der Waals surface area contributed by atoms with E-state index in [1.807, 2.05) is 30.3 Å². The van der Waals surface area contributed by atoms with Crippen LogP contribution in [0.3, 0.4) is 0 Å². The van der Waals surface area contributed by atoms with Crippen LogP contribution >= 0.6 is 0 Å². The first-order valence-corrected chi connectivity index (χ1v) is 8.07. The van der Waals surface area contributed by atoms with Crippen LogP contribution in [0.4, 0.5) is 11.4 Å². The lowest BCUT2D eigenvalue weighted by Gasteiger charge is -2.15. The van der Waals surface area contributed by atoms with Crippen molar-refractivity contribution in [3.8, 4) is 0 Å². The van der Waals surface area contributed by atoms with Gasteiger partial charge in [0.1, 0.15) is 0 Å². The Morgan fingerprint density at radius 3 is 2.31 bits per heavy atom. The minimum Gasteiger partial charge on any atom is -0.294 e. The Hall–Kier alpha value is -3.79. The fourth-order valence-electron chi connectivity index (χ4n) is 3.54. The van der Waals surface area contributed by atoms with Crippen molar-refractivity contribution in [2.45, 2.75) is 13.3 Å². The molecule has 0 unspecified atom stereocenters. The van der Waals surface area contributed by atoms with Crippen LogP contribution in [0.1, 0.15) is 23.7 Å². The molecule has 0 aliphatic rings. The van der Waals surface area contributed by atoms with Gasteiger partial charge in [0, 0.05) is 27.5 Å². The second-order valence-electron chi connectivity index (χ2n) is 5.94. The molecule has 0 bridgehead atoms. The molecule has 0 amide bonds. The molecular formula is C19H12N6O. The van der Waals surface area contributed by atoms with Crippen molar-refractivity contribution >= 4 is 49.5 Å². The van der Waals surface area contributed by atoms with Gasteiger partial charge in [0.05, 0.1) is 5.69 Å². The highest BCUT2D eigenvalue weighted by atomic mass is 16.1. The summed E-state index contributed by atoms with van der Waals surface area (Å²) in [4.78, 5) is 18.2. The van der Waals surface area contributed by atoms with Gasteiger partial charge in [-0.25, -0.2) is 0 Å². The third-order valence-electron chi connectivity index (χ3n) is 4.65. The number of hydrogen-bond acceptors (Lipinski definition) is 3. The van der Waals surface area contributed by atoms with Gasteiger partial charge in [-0.15, -0.1) is 0 Å². The molecule has 0 N–H and O–H groups in total. The average Bonchev–Trinajstić information content (AvgIpc) is 2.67. The maximum atomic E-state index is 12.4. The molecule has 0 saturated heterocycles.